The topological polar surface area (TPSA) is 118 Å². The summed E-state index contributed by atoms with van der Waals surface area (Å²) < 4.78 is 52.1. The highest BCUT2D eigenvalue weighted by Crippen LogP contribution is 2.43. The van der Waals surface area contributed by atoms with Crippen LogP contribution >= 0.6 is 0 Å². The highest BCUT2D eigenvalue weighted by molar-refractivity contribution is 6.19. The largest absolute Gasteiger partial charge is 0.417 e. The number of fused-ring (bicyclic) bond motifs is 2. The minimum absolute atomic E-state index is 0.0272. The van der Waals surface area contributed by atoms with Gasteiger partial charge < -0.3 is 24.7 Å². The molecule has 2 aromatic heterocycles. The lowest BCUT2D eigenvalue weighted by Crippen LogP contribution is -2.37. The first-order valence-corrected chi connectivity index (χ1v) is 12.9. The van der Waals surface area contributed by atoms with Crippen LogP contribution < -0.4 is 15.5 Å². The Kier molecular flexibility index (Phi) is 5.96. The highest BCUT2D eigenvalue weighted by atomic mass is 19.4. The van der Waals surface area contributed by atoms with Crippen LogP contribution in [0.4, 0.5) is 30.6 Å². The Labute approximate surface area is 231 Å². The monoisotopic (exact) mass is 561 g/mol. The van der Waals surface area contributed by atoms with Crippen molar-refractivity contribution >= 4 is 29.0 Å². The average Bonchev–Trinajstić information content (AvgIpc) is 3.66. The Morgan fingerprint density at radius 1 is 1.05 bits per heavy atom. The van der Waals surface area contributed by atoms with Gasteiger partial charge in [-0.1, -0.05) is 53.6 Å². The van der Waals surface area contributed by atoms with Crippen molar-refractivity contribution in [3.63, 3.8) is 0 Å². The number of benzodiazepines with no additional fused rings is 1. The van der Waals surface area contributed by atoms with Crippen molar-refractivity contribution in [2.75, 3.05) is 28.7 Å². The molecule has 2 fully saturated rings. The van der Waals surface area contributed by atoms with Crippen LogP contribution in [0, 0.1) is 0 Å². The van der Waals surface area contributed by atoms with Gasteiger partial charge in [-0.15, -0.1) is 5.10 Å². The lowest BCUT2D eigenvalue weighted by Gasteiger charge is -2.30. The molecule has 1 aliphatic carbocycles. The second-order valence-corrected chi connectivity index (χ2v) is 9.83. The van der Waals surface area contributed by atoms with E-state index < -0.39 is 23.8 Å². The number of nitrogens with zero attached hydrogens (tertiary/aromatic N) is 5. The summed E-state index contributed by atoms with van der Waals surface area (Å²) in [6.07, 6.45) is -4.28. The van der Waals surface area contributed by atoms with E-state index in [2.05, 4.69) is 25.8 Å². The lowest BCUT2D eigenvalue weighted by atomic mass is 10.0. The second kappa shape index (κ2) is 9.70. The number of aliphatic imine (C=N–C) groups is 1. The molecule has 2 N–H and O–H groups in total. The van der Waals surface area contributed by atoms with E-state index in [1.807, 2.05) is 53.4 Å². The maximum atomic E-state index is 13.6. The normalized spacial score (nSPS) is 21.7. The first-order chi connectivity index (χ1) is 19.8. The van der Waals surface area contributed by atoms with Crippen LogP contribution in [0.1, 0.15) is 23.1 Å². The van der Waals surface area contributed by atoms with E-state index in [9.17, 15) is 18.0 Å². The number of amides is 1. The molecule has 0 radical (unpaired) electrons. The Balaban J connectivity index is 1.22. The molecule has 0 spiro atoms. The number of para-hydroxylation sites is 1. The maximum absolute atomic E-state index is 13.6. The van der Waals surface area contributed by atoms with Gasteiger partial charge in [-0.25, -0.2) is 9.98 Å². The number of hydrogen-bond acceptors (Lipinski definition) is 9. The van der Waals surface area contributed by atoms with Crippen molar-refractivity contribution in [1.82, 2.24) is 15.2 Å². The third-order valence-corrected chi connectivity index (χ3v) is 7.15. The zero-order valence-electron chi connectivity index (χ0n) is 21.3. The standard InChI is InChI=1S/C28H22F3N7O3/c29-28(30,31)16-12-20(38-10-11-40-21-13-19(21)38)23(32-14-16)26-36-37-27(41-26)35-24-25(39)33-18-9-5-4-8-17(18)22(34-24)15-6-2-1-3-7-15/h1-9,12,14,19,21,24H,10-11,13H2,(H,33,39)(H,35,37). The summed E-state index contributed by atoms with van der Waals surface area (Å²) in [6.45, 7) is 0.782. The minimum atomic E-state index is -4.57. The quantitative estimate of drug-likeness (QED) is 0.369. The number of carbonyl (C=O) groups excluding carboxylic acids is 1. The van der Waals surface area contributed by atoms with E-state index >= 15 is 0 Å². The molecule has 10 nitrogen and oxygen atoms in total. The minimum Gasteiger partial charge on any atom is -0.402 e. The third-order valence-electron chi connectivity index (χ3n) is 7.15. The Morgan fingerprint density at radius 2 is 1.85 bits per heavy atom. The summed E-state index contributed by atoms with van der Waals surface area (Å²) in [5.74, 6) is -0.547. The number of alkyl halides is 3. The van der Waals surface area contributed by atoms with Crippen molar-refractivity contribution in [2.24, 2.45) is 4.99 Å². The van der Waals surface area contributed by atoms with Gasteiger partial charge >= 0.3 is 12.2 Å². The van der Waals surface area contributed by atoms with Crippen molar-refractivity contribution in [2.45, 2.75) is 30.9 Å². The first kappa shape index (κ1) is 25.2. The number of hydrogen-bond donors (Lipinski definition) is 2. The zero-order valence-corrected chi connectivity index (χ0v) is 21.3. The zero-order chi connectivity index (χ0) is 28.1. The summed E-state index contributed by atoms with van der Waals surface area (Å²) in [6, 6.07) is 17.6. The predicted octanol–water partition coefficient (Wildman–Crippen LogP) is 4.36. The van der Waals surface area contributed by atoms with Crippen molar-refractivity contribution in [3.8, 4) is 11.6 Å². The molecule has 4 aromatic rings. The summed E-state index contributed by atoms with van der Waals surface area (Å²) in [7, 11) is 0. The number of anilines is 3. The van der Waals surface area contributed by atoms with Gasteiger partial charge in [0.2, 0.25) is 6.17 Å². The lowest BCUT2D eigenvalue weighted by molar-refractivity contribution is -0.137. The van der Waals surface area contributed by atoms with Gasteiger partial charge in [-0.3, -0.25) is 4.79 Å². The fourth-order valence-corrected chi connectivity index (χ4v) is 5.10. The number of benzene rings is 2. The predicted molar refractivity (Wildman–Crippen MR) is 143 cm³/mol. The van der Waals surface area contributed by atoms with Crippen molar-refractivity contribution in [3.05, 3.63) is 83.6 Å². The molecule has 3 unspecified atom stereocenters. The van der Waals surface area contributed by atoms with E-state index in [4.69, 9.17) is 14.1 Å². The number of carbonyl (C=O) groups is 1. The molecule has 13 heteroatoms. The molecule has 0 bridgehead atoms. The second-order valence-electron chi connectivity index (χ2n) is 9.83. The van der Waals surface area contributed by atoms with Gasteiger partial charge in [0.1, 0.15) is 0 Å². The fourth-order valence-electron chi connectivity index (χ4n) is 5.10. The van der Waals surface area contributed by atoms with E-state index in [1.165, 1.54) is 0 Å². The van der Waals surface area contributed by atoms with Crippen LogP contribution in [0.2, 0.25) is 0 Å². The molecule has 1 saturated carbocycles. The maximum Gasteiger partial charge on any atom is 0.417 e. The number of nitrogens with one attached hydrogen (secondary N) is 2. The van der Waals surface area contributed by atoms with Crippen LogP contribution in [0.15, 0.2) is 76.3 Å². The van der Waals surface area contributed by atoms with Gasteiger partial charge in [0.15, 0.2) is 5.69 Å². The SMILES string of the molecule is O=C1Nc2ccccc2C(c2ccccc2)=NC1Nc1nnc(-c2ncc(C(F)(F)F)cc2N2CCOC3CC32)o1. The molecule has 4 heterocycles. The highest BCUT2D eigenvalue weighted by Gasteiger charge is 2.47. The Bertz CT molecular complexity index is 1660. The molecule has 2 aliphatic heterocycles. The van der Waals surface area contributed by atoms with E-state index in [-0.39, 0.29) is 35.4 Å². The van der Waals surface area contributed by atoms with Crippen molar-refractivity contribution < 1.29 is 27.1 Å². The van der Waals surface area contributed by atoms with E-state index in [1.54, 1.807) is 6.07 Å². The molecule has 1 saturated heterocycles. The van der Waals surface area contributed by atoms with Gasteiger partial charge in [0, 0.05) is 23.9 Å². The number of ether oxygens (including phenoxy) is 1. The van der Waals surface area contributed by atoms with Gasteiger partial charge in [-0.05, 0) is 18.6 Å². The van der Waals surface area contributed by atoms with Gasteiger partial charge in [-0.2, -0.15) is 13.2 Å². The van der Waals surface area contributed by atoms with Crippen LogP contribution in [-0.4, -0.2) is 58.3 Å². The number of halogens is 3. The fraction of sp³-hybridized carbons (Fsp3) is 0.250. The third kappa shape index (κ3) is 4.78. The Hall–Kier alpha value is -4.78. The molecule has 208 valence electrons. The number of rotatable bonds is 5. The molecule has 2 aromatic carbocycles. The summed E-state index contributed by atoms with van der Waals surface area (Å²) >= 11 is 0. The number of morpholine rings is 1. The molecular formula is C28H22F3N7O3. The van der Waals surface area contributed by atoms with Gasteiger partial charge in [0.25, 0.3) is 11.8 Å². The van der Waals surface area contributed by atoms with Crippen LogP contribution in [0.3, 0.4) is 0 Å². The average molecular weight is 562 g/mol. The van der Waals surface area contributed by atoms with Crippen LogP contribution in [0.25, 0.3) is 11.6 Å². The van der Waals surface area contributed by atoms with Crippen LogP contribution in [0.5, 0.6) is 0 Å². The smallest absolute Gasteiger partial charge is 0.402 e. The van der Waals surface area contributed by atoms with Crippen molar-refractivity contribution in [1.29, 1.82) is 0 Å². The molecule has 3 atom stereocenters. The molecule has 3 aliphatic rings. The van der Waals surface area contributed by atoms with Crippen LogP contribution in [-0.2, 0) is 15.7 Å². The Morgan fingerprint density at radius 3 is 2.68 bits per heavy atom. The summed E-state index contributed by atoms with van der Waals surface area (Å²) in [5, 5.41) is 13.8. The summed E-state index contributed by atoms with van der Waals surface area (Å²) in [5.41, 5.74) is 2.18. The number of pyridine rings is 1. The molecule has 7 rings (SSSR count). The van der Waals surface area contributed by atoms with E-state index in [0.717, 1.165) is 23.4 Å². The molecular weight excluding hydrogens is 539 g/mol. The first-order valence-electron chi connectivity index (χ1n) is 12.9. The van der Waals surface area contributed by atoms with Gasteiger partial charge in [0.05, 0.1) is 41.4 Å². The molecule has 1 amide bonds. The summed E-state index contributed by atoms with van der Waals surface area (Å²) in [4.78, 5) is 23.8. The van der Waals surface area contributed by atoms with E-state index in [0.29, 0.717) is 31.0 Å². The molecule has 41 heavy (non-hydrogen) atoms. The number of aromatic nitrogens is 3.